The lowest BCUT2D eigenvalue weighted by Gasteiger charge is -2.27. The largest absolute Gasteiger partial charge is 0.383 e. The number of rotatable bonds is 4. The van der Waals surface area contributed by atoms with Gasteiger partial charge >= 0.3 is 0 Å². The molecule has 1 aliphatic heterocycles. The first-order valence-electron chi connectivity index (χ1n) is 6.14. The molecule has 4 nitrogen and oxygen atoms in total. The van der Waals surface area contributed by atoms with Gasteiger partial charge in [0, 0.05) is 24.4 Å². The van der Waals surface area contributed by atoms with Crippen molar-refractivity contribution in [1.82, 2.24) is 9.97 Å². The van der Waals surface area contributed by atoms with Crippen molar-refractivity contribution in [3.05, 3.63) is 11.9 Å². The molecule has 5 heteroatoms. The third-order valence-electron chi connectivity index (χ3n) is 3.24. The summed E-state index contributed by atoms with van der Waals surface area (Å²) in [6.45, 7) is 2.15. The Morgan fingerprint density at radius 3 is 3.00 bits per heavy atom. The van der Waals surface area contributed by atoms with Crippen LogP contribution >= 0.6 is 11.8 Å². The third kappa shape index (κ3) is 2.65. The lowest BCUT2D eigenvalue weighted by atomic mass is 10.1. The van der Waals surface area contributed by atoms with Crippen LogP contribution < -0.4 is 10.6 Å². The third-order valence-corrected chi connectivity index (χ3v) is 4.39. The van der Waals surface area contributed by atoms with E-state index in [9.17, 15) is 0 Å². The van der Waals surface area contributed by atoms with Crippen LogP contribution in [0.4, 0.5) is 11.6 Å². The monoisotopic (exact) mass is 252 g/mol. The van der Waals surface area contributed by atoms with Crippen LogP contribution in [-0.4, -0.2) is 34.6 Å². The number of nitrogens with two attached hydrogens (primary N) is 1. The van der Waals surface area contributed by atoms with E-state index in [0.29, 0.717) is 11.9 Å². The summed E-state index contributed by atoms with van der Waals surface area (Å²) in [6, 6.07) is 0.588. The summed E-state index contributed by atoms with van der Waals surface area (Å²) in [7, 11) is 2.12. The summed E-state index contributed by atoms with van der Waals surface area (Å²) in [5, 5.41) is 0. The van der Waals surface area contributed by atoms with E-state index in [4.69, 9.17) is 5.73 Å². The molecule has 1 aromatic rings. The van der Waals surface area contributed by atoms with Crippen molar-refractivity contribution in [2.24, 2.45) is 0 Å². The summed E-state index contributed by atoms with van der Waals surface area (Å²) in [6.07, 6.45) is 4.82. The Morgan fingerprint density at radius 1 is 1.53 bits per heavy atom. The fourth-order valence-electron chi connectivity index (χ4n) is 2.21. The first-order chi connectivity index (χ1) is 8.24. The van der Waals surface area contributed by atoms with Gasteiger partial charge in [-0.05, 0) is 18.6 Å². The lowest BCUT2D eigenvalue weighted by Crippen LogP contribution is -2.33. The molecule has 1 unspecified atom stereocenters. The molecule has 1 aromatic heterocycles. The number of thioether (sulfide) groups is 1. The highest BCUT2D eigenvalue weighted by Crippen LogP contribution is 2.28. The molecule has 0 bridgehead atoms. The maximum absolute atomic E-state index is 5.96. The number of hydrogen-bond donors (Lipinski definition) is 1. The van der Waals surface area contributed by atoms with E-state index in [1.165, 1.54) is 17.9 Å². The Hall–Kier alpha value is -0.970. The highest BCUT2D eigenvalue weighted by Gasteiger charge is 2.23. The highest BCUT2D eigenvalue weighted by molar-refractivity contribution is 7.99. The van der Waals surface area contributed by atoms with Gasteiger partial charge < -0.3 is 10.6 Å². The molecule has 2 rings (SSSR count). The summed E-state index contributed by atoms with van der Waals surface area (Å²) in [4.78, 5) is 10.8. The van der Waals surface area contributed by atoms with Gasteiger partial charge in [0.2, 0.25) is 0 Å². The Labute approximate surface area is 107 Å². The minimum atomic E-state index is 0.588. The molecule has 1 fully saturated rings. The van der Waals surface area contributed by atoms with Gasteiger partial charge in [0.1, 0.15) is 18.0 Å². The van der Waals surface area contributed by atoms with Crippen molar-refractivity contribution in [3.63, 3.8) is 0 Å². The van der Waals surface area contributed by atoms with E-state index in [0.717, 1.165) is 24.2 Å². The highest BCUT2D eigenvalue weighted by atomic mass is 32.2. The average molecular weight is 252 g/mol. The number of nitrogens with zero attached hydrogens (tertiary/aromatic N) is 3. The van der Waals surface area contributed by atoms with E-state index < -0.39 is 0 Å². The topological polar surface area (TPSA) is 55.0 Å². The zero-order valence-corrected chi connectivity index (χ0v) is 11.3. The van der Waals surface area contributed by atoms with Crippen molar-refractivity contribution in [3.8, 4) is 0 Å². The van der Waals surface area contributed by atoms with Crippen molar-refractivity contribution in [2.75, 3.05) is 29.2 Å². The molecular formula is C12H20N4S. The van der Waals surface area contributed by atoms with Gasteiger partial charge in [-0.15, -0.1) is 0 Å². The van der Waals surface area contributed by atoms with Crippen LogP contribution in [0.1, 0.15) is 25.3 Å². The first kappa shape index (κ1) is 12.5. The second-order valence-corrected chi connectivity index (χ2v) is 5.59. The fourth-order valence-corrected chi connectivity index (χ4v) is 3.48. The van der Waals surface area contributed by atoms with E-state index in [1.54, 1.807) is 6.33 Å². The molecule has 2 heterocycles. The second kappa shape index (κ2) is 5.58. The molecule has 94 valence electrons. The zero-order chi connectivity index (χ0) is 12.3. The van der Waals surface area contributed by atoms with Crippen LogP contribution in [-0.2, 0) is 6.42 Å². The Balaban J connectivity index is 2.26. The molecule has 2 N–H and O–H groups in total. The van der Waals surface area contributed by atoms with E-state index >= 15 is 0 Å². The van der Waals surface area contributed by atoms with Crippen molar-refractivity contribution >= 4 is 23.4 Å². The smallest absolute Gasteiger partial charge is 0.137 e. The van der Waals surface area contributed by atoms with Gasteiger partial charge in [-0.3, -0.25) is 0 Å². The predicted octanol–water partition coefficient (Wildman–Crippen LogP) is 1.95. The molecule has 0 aromatic carbocycles. The molecule has 1 aliphatic rings. The van der Waals surface area contributed by atoms with E-state index in [2.05, 4.69) is 28.8 Å². The Kier molecular flexibility index (Phi) is 4.10. The van der Waals surface area contributed by atoms with Crippen molar-refractivity contribution < 1.29 is 0 Å². The fraction of sp³-hybridized carbons (Fsp3) is 0.667. The van der Waals surface area contributed by atoms with Gasteiger partial charge in [0.05, 0.1) is 0 Å². The molecule has 0 amide bonds. The first-order valence-corrected chi connectivity index (χ1v) is 7.29. The quantitative estimate of drug-likeness (QED) is 0.887. The van der Waals surface area contributed by atoms with Gasteiger partial charge in [0.15, 0.2) is 0 Å². The molecule has 0 radical (unpaired) electrons. The van der Waals surface area contributed by atoms with Crippen LogP contribution in [0.25, 0.3) is 0 Å². The second-order valence-electron chi connectivity index (χ2n) is 4.44. The van der Waals surface area contributed by atoms with Crippen LogP contribution in [0.3, 0.4) is 0 Å². The maximum atomic E-state index is 5.96. The summed E-state index contributed by atoms with van der Waals surface area (Å²) >= 11 is 2.01. The number of anilines is 2. The Morgan fingerprint density at radius 2 is 2.35 bits per heavy atom. The predicted molar refractivity (Wildman–Crippen MR) is 74.6 cm³/mol. The van der Waals surface area contributed by atoms with Gasteiger partial charge in [-0.2, -0.15) is 11.8 Å². The standard InChI is InChI=1S/C12H20N4S/c1-3-4-10-11(13)14-8-15-12(10)16(2)9-5-6-17-7-9/h8-9H,3-7H2,1-2H3,(H2,13,14,15). The van der Waals surface area contributed by atoms with Gasteiger partial charge in [-0.25, -0.2) is 9.97 Å². The molecule has 0 aliphatic carbocycles. The number of hydrogen-bond acceptors (Lipinski definition) is 5. The SMILES string of the molecule is CCCc1c(N)ncnc1N(C)C1CCSC1. The van der Waals surface area contributed by atoms with Crippen molar-refractivity contribution in [2.45, 2.75) is 32.2 Å². The minimum Gasteiger partial charge on any atom is -0.383 e. The normalized spacial score (nSPS) is 19.5. The zero-order valence-electron chi connectivity index (χ0n) is 10.5. The molecule has 1 saturated heterocycles. The molecule has 17 heavy (non-hydrogen) atoms. The minimum absolute atomic E-state index is 0.588. The lowest BCUT2D eigenvalue weighted by molar-refractivity contribution is 0.685. The Bertz CT molecular complexity index is 377. The average Bonchev–Trinajstić information content (AvgIpc) is 2.85. The van der Waals surface area contributed by atoms with Crippen LogP contribution in [0.2, 0.25) is 0 Å². The molecule has 1 atom stereocenters. The summed E-state index contributed by atoms with van der Waals surface area (Å²) in [5.41, 5.74) is 7.07. The summed E-state index contributed by atoms with van der Waals surface area (Å²) in [5.74, 6) is 4.09. The van der Waals surface area contributed by atoms with Crippen LogP contribution in [0.15, 0.2) is 6.33 Å². The van der Waals surface area contributed by atoms with E-state index in [1.807, 2.05) is 11.8 Å². The maximum Gasteiger partial charge on any atom is 0.137 e. The van der Waals surface area contributed by atoms with Crippen LogP contribution in [0.5, 0.6) is 0 Å². The van der Waals surface area contributed by atoms with Gasteiger partial charge in [0.25, 0.3) is 0 Å². The number of nitrogen functional groups attached to an aromatic ring is 1. The van der Waals surface area contributed by atoms with Crippen molar-refractivity contribution in [1.29, 1.82) is 0 Å². The van der Waals surface area contributed by atoms with Crippen LogP contribution in [0, 0.1) is 0 Å². The van der Waals surface area contributed by atoms with Gasteiger partial charge in [-0.1, -0.05) is 13.3 Å². The molecule has 0 spiro atoms. The molecule has 0 saturated carbocycles. The number of aromatic nitrogens is 2. The summed E-state index contributed by atoms with van der Waals surface area (Å²) < 4.78 is 0. The van der Waals surface area contributed by atoms with E-state index in [-0.39, 0.29) is 0 Å². The molecular weight excluding hydrogens is 232 g/mol.